The summed E-state index contributed by atoms with van der Waals surface area (Å²) in [5, 5.41) is 2.87. The Morgan fingerprint density at radius 1 is 1.11 bits per heavy atom. The van der Waals surface area contributed by atoms with E-state index in [1.54, 1.807) is 42.3 Å². The van der Waals surface area contributed by atoms with Crippen LogP contribution in [0.4, 0.5) is 11.4 Å². The molecule has 0 bridgehead atoms. The molecule has 0 radical (unpaired) electrons. The number of carbonyl (C=O) groups is 2. The largest absolute Gasteiger partial charge is 0.497 e. The molecule has 7 heteroatoms. The van der Waals surface area contributed by atoms with Gasteiger partial charge in [-0.3, -0.25) is 9.59 Å². The van der Waals surface area contributed by atoms with E-state index in [0.717, 1.165) is 11.4 Å². The van der Waals surface area contributed by atoms with Crippen molar-refractivity contribution in [3.63, 3.8) is 0 Å². The predicted molar refractivity (Wildman–Crippen MR) is 99.5 cm³/mol. The second-order valence-corrected chi connectivity index (χ2v) is 6.45. The molecule has 0 saturated carbocycles. The molecule has 2 aliphatic heterocycles. The van der Waals surface area contributed by atoms with Crippen LogP contribution < -0.4 is 24.4 Å². The van der Waals surface area contributed by atoms with Gasteiger partial charge in [-0.1, -0.05) is 0 Å². The second-order valence-electron chi connectivity index (χ2n) is 6.45. The quantitative estimate of drug-likeness (QED) is 0.897. The zero-order valence-corrected chi connectivity index (χ0v) is 14.9. The van der Waals surface area contributed by atoms with Gasteiger partial charge in [-0.2, -0.15) is 0 Å². The van der Waals surface area contributed by atoms with Crippen molar-refractivity contribution in [1.82, 2.24) is 0 Å². The third kappa shape index (κ3) is 3.53. The topological polar surface area (TPSA) is 77.1 Å². The maximum absolute atomic E-state index is 12.6. The van der Waals surface area contributed by atoms with Crippen LogP contribution >= 0.6 is 0 Å². The Morgan fingerprint density at radius 2 is 1.85 bits per heavy atom. The number of carbonyl (C=O) groups excluding carboxylic acids is 2. The Balaban J connectivity index is 1.43. The van der Waals surface area contributed by atoms with Crippen molar-refractivity contribution >= 4 is 23.2 Å². The number of fused-ring (bicyclic) bond motifs is 1. The number of nitrogens with zero attached hydrogens (tertiary/aromatic N) is 1. The van der Waals surface area contributed by atoms with Crippen LogP contribution in [0.3, 0.4) is 0 Å². The summed E-state index contributed by atoms with van der Waals surface area (Å²) in [6.07, 6.45) is 0.183. The van der Waals surface area contributed by atoms with Crippen LogP contribution in [0.5, 0.6) is 17.2 Å². The number of hydrogen-bond acceptors (Lipinski definition) is 5. The van der Waals surface area contributed by atoms with E-state index in [4.69, 9.17) is 14.2 Å². The van der Waals surface area contributed by atoms with Crippen molar-refractivity contribution in [3.8, 4) is 17.2 Å². The number of rotatable bonds is 4. The fourth-order valence-corrected chi connectivity index (χ4v) is 3.26. The molecule has 0 aromatic heterocycles. The summed E-state index contributed by atoms with van der Waals surface area (Å²) in [7, 11) is 1.59. The summed E-state index contributed by atoms with van der Waals surface area (Å²) < 4.78 is 16.1. The van der Waals surface area contributed by atoms with Crippen LogP contribution in [0.25, 0.3) is 0 Å². The van der Waals surface area contributed by atoms with E-state index in [9.17, 15) is 9.59 Å². The molecule has 0 spiro atoms. The molecule has 1 N–H and O–H groups in total. The van der Waals surface area contributed by atoms with Crippen molar-refractivity contribution in [2.24, 2.45) is 5.92 Å². The summed E-state index contributed by atoms with van der Waals surface area (Å²) in [5.74, 6) is 1.34. The first-order chi connectivity index (χ1) is 13.1. The van der Waals surface area contributed by atoms with Crippen molar-refractivity contribution in [1.29, 1.82) is 0 Å². The van der Waals surface area contributed by atoms with Gasteiger partial charge in [0.15, 0.2) is 11.5 Å². The molecule has 2 aromatic carbocycles. The second kappa shape index (κ2) is 7.19. The van der Waals surface area contributed by atoms with E-state index >= 15 is 0 Å². The van der Waals surface area contributed by atoms with Crippen LogP contribution in [0.1, 0.15) is 6.42 Å². The summed E-state index contributed by atoms with van der Waals surface area (Å²) in [6.45, 7) is 1.35. The average molecular weight is 368 g/mol. The molecule has 140 valence electrons. The Kier molecular flexibility index (Phi) is 4.58. The highest BCUT2D eigenvalue weighted by molar-refractivity contribution is 6.03. The molecule has 2 heterocycles. The molecule has 2 amide bonds. The van der Waals surface area contributed by atoms with Crippen molar-refractivity contribution in [3.05, 3.63) is 42.5 Å². The highest BCUT2D eigenvalue weighted by Crippen LogP contribution is 2.33. The molecule has 2 aromatic rings. The maximum atomic E-state index is 12.6. The highest BCUT2D eigenvalue weighted by Gasteiger charge is 2.35. The first kappa shape index (κ1) is 17.2. The SMILES string of the molecule is COc1ccc(N2C[C@@H](C(=O)Nc3ccc4c(c3)OCCO4)CC2=O)cc1. The molecule has 0 unspecified atom stereocenters. The van der Waals surface area contributed by atoms with Crippen LogP contribution in [0.15, 0.2) is 42.5 Å². The zero-order chi connectivity index (χ0) is 18.8. The number of anilines is 2. The first-order valence-corrected chi connectivity index (χ1v) is 8.79. The van der Waals surface area contributed by atoms with Crippen molar-refractivity contribution in [2.45, 2.75) is 6.42 Å². The van der Waals surface area contributed by atoms with Crippen LogP contribution in [-0.4, -0.2) is 38.7 Å². The van der Waals surface area contributed by atoms with E-state index in [0.29, 0.717) is 36.9 Å². The average Bonchev–Trinajstić information content (AvgIpc) is 3.10. The minimum Gasteiger partial charge on any atom is -0.497 e. The van der Waals surface area contributed by atoms with Crippen molar-refractivity contribution < 1.29 is 23.8 Å². The fourth-order valence-electron chi connectivity index (χ4n) is 3.26. The number of hydrogen-bond donors (Lipinski definition) is 1. The normalized spacial score (nSPS) is 18.3. The molecule has 7 nitrogen and oxygen atoms in total. The summed E-state index contributed by atoms with van der Waals surface area (Å²) in [4.78, 5) is 26.6. The van der Waals surface area contributed by atoms with Gasteiger partial charge in [0.25, 0.3) is 0 Å². The molecular weight excluding hydrogens is 348 g/mol. The summed E-state index contributed by atoms with van der Waals surface area (Å²) in [5.41, 5.74) is 1.38. The van der Waals surface area contributed by atoms with Crippen LogP contribution in [0.2, 0.25) is 0 Å². The maximum Gasteiger partial charge on any atom is 0.229 e. The molecule has 2 aliphatic rings. The number of ether oxygens (including phenoxy) is 3. The lowest BCUT2D eigenvalue weighted by molar-refractivity contribution is -0.122. The minimum atomic E-state index is -0.409. The number of methoxy groups -OCH3 is 1. The first-order valence-electron chi connectivity index (χ1n) is 8.79. The smallest absolute Gasteiger partial charge is 0.229 e. The van der Waals surface area contributed by atoms with Gasteiger partial charge in [-0.25, -0.2) is 0 Å². The molecule has 1 saturated heterocycles. The monoisotopic (exact) mass is 368 g/mol. The standard InChI is InChI=1S/C20H20N2O5/c1-25-16-5-3-15(4-6-16)22-12-13(10-19(22)23)20(24)21-14-2-7-17-18(11-14)27-9-8-26-17/h2-7,11,13H,8-10,12H2,1H3,(H,21,24)/t13-/m0/s1. The van der Waals surface area contributed by atoms with E-state index in [1.807, 2.05) is 12.1 Å². The van der Waals surface area contributed by atoms with Crippen LogP contribution in [-0.2, 0) is 9.59 Å². The van der Waals surface area contributed by atoms with Gasteiger partial charge in [0.2, 0.25) is 11.8 Å². The Morgan fingerprint density at radius 3 is 2.59 bits per heavy atom. The summed E-state index contributed by atoms with van der Waals surface area (Å²) >= 11 is 0. The predicted octanol–water partition coefficient (Wildman–Crippen LogP) is 2.46. The number of amides is 2. The zero-order valence-electron chi connectivity index (χ0n) is 14.9. The van der Waals surface area contributed by atoms with E-state index in [2.05, 4.69) is 5.32 Å². The molecular formula is C20H20N2O5. The number of nitrogens with one attached hydrogen (secondary N) is 1. The third-order valence-electron chi connectivity index (χ3n) is 4.69. The van der Waals surface area contributed by atoms with Gasteiger partial charge < -0.3 is 24.4 Å². The Bertz CT molecular complexity index is 865. The lowest BCUT2D eigenvalue weighted by Gasteiger charge is -2.19. The minimum absolute atomic E-state index is 0.0671. The molecule has 1 atom stereocenters. The molecule has 1 fully saturated rings. The lowest BCUT2D eigenvalue weighted by Crippen LogP contribution is -2.28. The van der Waals surface area contributed by atoms with E-state index in [-0.39, 0.29) is 18.2 Å². The van der Waals surface area contributed by atoms with Gasteiger partial charge in [0.05, 0.1) is 13.0 Å². The van der Waals surface area contributed by atoms with Gasteiger partial charge in [0.1, 0.15) is 19.0 Å². The third-order valence-corrected chi connectivity index (χ3v) is 4.69. The van der Waals surface area contributed by atoms with Gasteiger partial charge in [-0.15, -0.1) is 0 Å². The highest BCUT2D eigenvalue weighted by atomic mass is 16.6. The summed E-state index contributed by atoms with van der Waals surface area (Å²) in [6, 6.07) is 12.5. The van der Waals surface area contributed by atoms with Gasteiger partial charge >= 0.3 is 0 Å². The lowest BCUT2D eigenvalue weighted by atomic mass is 10.1. The molecule has 0 aliphatic carbocycles. The fraction of sp³-hybridized carbons (Fsp3) is 0.300. The van der Waals surface area contributed by atoms with Crippen LogP contribution in [0, 0.1) is 5.92 Å². The molecule has 27 heavy (non-hydrogen) atoms. The van der Waals surface area contributed by atoms with E-state index in [1.165, 1.54) is 0 Å². The van der Waals surface area contributed by atoms with E-state index < -0.39 is 5.92 Å². The van der Waals surface area contributed by atoms with Gasteiger partial charge in [-0.05, 0) is 36.4 Å². The molecule has 4 rings (SSSR count). The van der Waals surface area contributed by atoms with Crippen molar-refractivity contribution in [2.75, 3.05) is 37.1 Å². The number of benzene rings is 2. The Hall–Kier alpha value is -3.22. The van der Waals surface area contributed by atoms with Gasteiger partial charge in [0, 0.05) is 30.4 Å². The Labute approximate surface area is 156 Å².